The van der Waals surface area contributed by atoms with E-state index >= 15 is 0 Å². The first-order valence-electron chi connectivity index (χ1n) is 5.44. The molecule has 0 aliphatic carbocycles. The van der Waals surface area contributed by atoms with Crippen LogP contribution in [0.4, 0.5) is 0 Å². The number of nitrogens with one attached hydrogen (secondary N) is 1. The molecule has 96 valence electrons. The van der Waals surface area contributed by atoms with Crippen molar-refractivity contribution in [1.82, 2.24) is 5.32 Å². The predicted molar refractivity (Wildman–Crippen MR) is 67.7 cm³/mol. The summed E-state index contributed by atoms with van der Waals surface area (Å²) in [6, 6.07) is 0. The van der Waals surface area contributed by atoms with Crippen LogP contribution in [0.1, 0.15) is 27.2 Å². The summed E-state index contributed by atoms with van der Waals surface area (Å²) < 4.78 is 4.75. The molecule has 0 spiro atoms. The van der Waals surface area contributed by atoms with Crippen LogP contribution in [0.2, 0.25) is 0 Å². The molecule has 0 aliphatic rings. The molecule has 0 aromatic heterocycles. The van der Waals surface area contributed by atoms with Crippen molar-refractivity contribution in [3.63, 3.8) is 0 Å². The Morgan fingerprint density at radius 3 is 2.50 bits per heavy atom. The zero-order valence-electron chi connectivity index (χ0n) is 10.7. The molecule has 0 saturated carbocycles. The Bertz CT molecular complexity index is 223. The number of ether oxygens (including phenoxy) is 1. The van der Waals surface area contributed by atoms with Gasteiger partial charge in [0.1, 0.15) is 5.54 Å². The van der Waals surface area contributed by atoms with E-state index in [-0.39, 0.29) is 17.3 Å². The molecule has 0 heterocycles. The van der Waals surface area contributed by atoms with Crippen molar-refractivity contribution in [3.8, 4) is 0 Å². The molecule has 0 aliphatic heterocycles. The van der Waals surface area contributed by atoms with Crippen LogP contribution in [-0.2, 0) is 9.53 Å². The number of carbonyl (C=O) groups excluding carboxylic acids is 1. The molecule has 0 aromatic carbocycles. The van der Waals surface area contributed by atoms with Gasteiger partial charge in [-0.2, -0.15) is 11.8 Å². The van der Waals surface area contributed by atoms with Gasteiger partial charge in [0.25, 0.3) is 0 Å². The molecule has 0 saturated heterocycles. The Kier molecular flexibility index (Phi) is 7.03. The summed E-state index contributed by atoms with van der Waals surface area (Å²) >= 11 is 1.66. The molecule has 0 bridgehead atoms. The SMILES string of the molecule is CNC(C)(CCSC(C)C(C)O)C(=O)OC. The highest BCUT2D eigenvalue weighted by Crippen LogP contribution is 2.20. The number of methoxy groups -OCH3 is 1. The number of rotatable bonds is 7. The molecule has 0 rings (SSSR count). The topological polar surface area (TPSA) is 58.6 Å². The zero-order chi connectivity index (χ0) is 12.8. The number of esters is 1. The Balaban J connectivity index is 4.10. The Labute approximate surface area is 102 Å². The first-order chi connectivity index (χ1) is 7.37. The van der Waals surface area contributed by atoms with Gasteiger partial charge in [-0.25, -0.2) is 0 Å². The van der Waals surface area contributed by atoms with Crippen LogP contribution in [0.5, 0.6) is 0 Å². The van der Waals surface area contributed by atoms with E-state index in [2.05, 4.69) is 5.32 Å². The van der Waals surface area contributed by atoms with E-state index in [4.69, 9.17) is 4.74 Å². The summed E-state index contributed by atoms with van der Waals surface area (Å²) in [6.45, 7) is 5.58. The van der Waals surface area contributed by atoms with E-state index in [1.165, 1.54) is 7.11 Å². The van der Waals surface area contributed by atoms with Crippen LogP contribution in [-0.4, -0.2) is 47.9 Å². The molecule has 0 fully saturated rings. The van der Waals surface area contributed by atoms with E-state index < -0.39 is 5.54 Å². The third-order valence-electron chi connectivity index (χ3n) is 2.85. The highest BCUT2D eigenvalue weighted by Gasteiger charge is 2.32. The number of carbonyl (C=O) groups is 1. The number of thioether (sulfide) groups is 1. The second-order valence-corrected chi connectivity index (χ2v) is 5.63. The fourth-order valence-corrected chi connectivity index (χ4v) is 2.32. The summed E-state index contributed by atoms with van der Waals surface area (Å²) in [7, 11) is 3.14. The number of hydrogen-bond donors (Lipinski definition) is 2. The highest BCUT2D eigenvalue weighted by atomic mass is 32.2. The summed E-state index contributed by atoms with van der Waals surface area (Å²) in [4.78, 5) is 11.5. The summed E-state index contributed by atoms with van der Waals surface area (Å²) in [6.07, 6.45) is 0.349. The highest BCUT2D eigenvalue weighted by molar-refractivity contribution is 7.99. The number of likely N-dealkylation sites (N-methyl/N-ethyl adjacent to an activating group) is 1. The van der Waals surface area contributed by atoms with Gasteiger partial charge in [0.2, 0.25) is 0 Å². The van der Waals surface area contributed by atoms with Gasteiger partial charge in [-0.3, -0.25) is 4.79 Å². The standard InChI is InChI=1S/C11H23NO3S/c1-8(13)9(2)16-7-6-11(3,12-4)10(14)15-5/h8-9,12-13H,6-7H2,1-5H3. The molecule has 4 nitrogen and oxygen atoms in total. The van der Waals surface area contributed by atoms with Crippen molar-refractivity contribution in [1.29, 1.82) is 0 Å². The molecule has 5 heteroatoms. The minimum absolute atomic E-state index is 0.179. The van der Waals surface area contributed by atoms with Gasteiger partial charge in [0.05, 0.1) is 13.2 Å². The minimum Gasteiger partial charge on any atom is -0.468 e. The van der Waals surface area contributed by atoms with Crippen molar-refractivity contribution < 1.29 is 14.6 Å². The second kappa shape index (κ2) is 7.14. The van der Waals surface area contributed by atoms with Gasteiger partial charge in [0, 0.05) is 5.25 Å². The van der Waals surface area contributed by atoms with Gasteiger partial charge < -0.3 is 15.2 Å². The van der Waals surface area contributed by atoms with Gasteiger partial charge in [-0.15, -0.1) is 0 Å². The predicted octanol–water partition coefficient (Wildman–Crippen LogP) is 1.03. The first kappa shape index (κ1) is 15.7. The Morgan fingerprint density at radius 1 is 1.56 bits per heavy atom. The maximum absolute atomic E-state index is 11.5. The van der Waals surface area contributed by atoms with Crippen LogP contribution in [0.25, 0.3) is 0 Å². The molecule has 3 atom stereocenters. The third kappa shape index (κ3) is 4.72. The smallest absolute Gasteiger partial charge is 0.325 e. The van der Waals surface area contributed by atoms with E-state index in [0.717, 1.165) is 5.75 Å². The lowest BCUT2D eigenvalue weighted by molar-refractivity contribution is -0.147. The van der Waals surface area contributed by atoms with Gasteiger partial charge in [-0.05, 0) is 33.1 Å². The van der Waals surface area contributed by atoms with Crippen LogP contribution in [0, 0.1) is 0 Å². The maximum atomic E-state index is 11.5. The van der Waals surface area contributed by atoms with E-state index in [9.17, 15) is 9.90 Å². The fraction of sp³-hybridized carbons (Fsp3) is 0.909. The van der Waals surface area contributed by atoms with Crippen LogP contribution < -0.4 is 5.32 Å². The van der Waals surface area contributed by atoms with E-state index in [0.29, 0.717) is 6.42 Å². The minimum atomic E-state index is -0.639. The largest absolute Gasteiger partial charge is 0.468 e. The monoisotopic (exact) mass is 249 g/mol. The number of aliphatic hydroxyl groups excluding tert-OH is 1. The summed E-state index contributed by atoms with van der Waals surface area (Å²) in [5.41, 5.74) is -0.639. The van der Waals surface area contributed by atoms with Crippen molar-refractivity contribution in [2.45, 2.75) is 44.1 Å². The Hall–Kier alpha value is -0.260. The molecule has 0 aromatic rings. The molecular weight excluding hydrogens is 226 g/mol. The average molecular weight is 249 g/mol. The van der Waals surface area contributed by atoms with Crippen LogP contribution >= 0.6 is 11.8 Å². The molecule has 2 N–H and O–H groups in total. The average Bonchev–Trinajstić information content (AvgIpc) is 2.27. The molecule has 16 heavy (non-hydrogen) atoms. The lowest BCUT2D eigenvalue weighted by Crippen LogP contribution is -2.48. The van der Waals surface area contributed by atoms with E-state index in [1.54, 1.807) is 25.7 Å². The Morgan fingerprint density at radius 2 is 2.12 bits per heavy atom. The quantitative estimate of drug-likeness (QED) is 0.660. The van der Waals surface area contributed by atoms with Crippen LogP contribution in [0.3, 0.4) is 0 Å². The number of aliphatic hydroxyl groups is 1. The lowest BCUT2D eigenvalue weighted by Gasteiger charge is -2.26. The van der Waals surface area contributed by atoms with Crippen molar-refractivity contribution in [2.24, 2.45) is 0 Å². The maximum Gasteiger partial charge on any atom is 0.325 e. The van der Waals surface area contributed by atoms with Crippen LogP contribution in [0.15, 0.2) is 0 Å². The molecule has 0 radical (unpaired) electrons. The first-order valence-corrected chi connectivity index (χ1v) is 6.49. The lowest BCUT2D eigenvalue weighted by atomic mass is 10.00. The molecule has 0 amide bonds. The fourth-order valence-electron chi connectivity index (χ4n) is 1.14. The normalized spacial score (nSPS) is 18.6. The summed E-state index contributed by atoms with van der Waals surface area (Å²) in [5, 5.41) is 12.5. The zero-order valence-corrected chi connectivity index (χ0v) is 11.6. The van der Waals surface area contributed by atoms with E-state index in [1.807, 2.05) is 13.8 Å². The number of hydrogen-bond acceptors (Lipinski definition) is 5. The molecule has 3 unspecified atom stereocenters. The van der Waals surface area contributed by atoms with Crippen molar-refractivity contribution in [2.75, 3.05) is 19.9 Å². The third-order valence-corrected chi connectivity index (χ3v) is 4.21. The van der Waals surface area contributed by atoms with Gasteiger partial charge in [-0.1, -0.05) is 6.92 Å². The van der Waals surface area contributed by atoms with Crippen molar-refractivity contribution in [3.05, 3.63) is 0 Å². The second-order valence-electron chi connectivity index (χ2n) is 4.14. The molecular formula is C11H23NO3S. The van der Waals surface area contributed by atoms with Gasteiger partial charge in [0.15, 0.2) is 0 Å². The summed E-state index contributed by atoms with van der Waals surface area (Å²) in [5.74, 6) is 0.554. The van der Waals surface area contributed by atoms with Crippen molar-refractivity contribution >= 4 is 17.7 Å². The van der Waals surface area contributed by atoms with Gasteiger partial charge >= 0.3 is 5.97 Å².